The van der Waals surface area contributed by atoms with Gasteiger partial charge in [-0.2, -0.15) is 0 Å². The van der Waals surface area contributed by atoms with Crippen LogP contribution in [0, 0.1) is 12.3 Å². The molecule has 4 atom stereocenters. The van der Waals surface area contributed by atoms with Crippen molar-refractivity contribution >= 4 is 17.9 Å². The summed E-state index contributed by atoms with van der Waals surface area (Å²) in [7, 11) is 0. The first-order valence-electron chi connectivity index (χ1n) is 7.01. The summed E-state index contributed by atoms with van der Waals surface area (Å²) in [4.78, 5) is 33.6. The van der Waals surface area contributed by atoms with Gasteiger partial charge in [0, 0.05) is 27.2 Å². The smallest absolute Gasteiger partial charge is 0.303 e. The minimum absolute atomic E-state index is 0.00399. The Hall–Kier alpha value is -2.11. The first-order valence-corrected chi connectivity index (χ1v) is 7.01. The van der Waals surface area contributed by atoms with Crippen molar-refractivity contribution in [3.05, 3.63) is 0 Å². The van der Waals surface area contributed by atoms with E-state index in [-0.39, 0.29) is 19.6 Å². The van der Waals surface area contributed by atoms with Gasteiger partial charge in [-0.25, -0.2) is 0 Å². The van der Waals surface area contributed by atoms with Gasteiger partial charge in [-0.15, -0.1) is 6.42 Å². The second-order valence-electron chi connectivity index (χ2n) is 4.88. The molecule has 0 amide bonds. The van der Waals surface area contributed by atoms with E-state index in [2.05, 4.69) is 5.92 Å². The summed E-state index contributed by atoms with van der Waals surface area (Å²) >= 11 is 0. The summed E-state index contributed by atoms with van der Waals surface area (Å²) in [5.74, 6) is 0.653. The highest BCUT2D eigenvalue weighted by atomic mass is 16.7. The average molecular weight is 328 g/mol. The lowest BCUT2D eigenvalue weighted by molar-refractivity contribution is -0.263. The van der Waals surface area contributed by atoms with Crippen LogP contribution in [0.3, 0.4) is 0 Å². The van der Waals surface area contributed by atoms with E-state index >= 15 is 0 Å². The van der Waals surface area contributed by atoms with Crippen molar-refractivity contribution in [1.29, 1.82) is 0 Å². The van der Waals surface area contributed by atoms with Crippen LogP contribution in [0.5, 0.6) is 0 Å². The monoisotopic (exact) mass is 328 g/mol. The van der Waals surface area contributed by atoms with Gasteiger partial charge in [-0.1, -0.05) is 5.92 Å². The van der Waals surface area contributed by atoms with Crippen LogP contribution in [0.1, 0.15) is 27.2 Å². The molecule has 8 nitrogen and oxygen atoms in total. The zero-order valence-electron chi connectivity index (χ0n) is 13.3. The van der Waals surface area contributed by atoms with Gasteiger partial charge in [-0.3, -0.25) is 14.4 Å². The molecule has 0 saturated carbocycles. The van der Waals surface area contributed by atoms with Gasteiger partial charge in [-0.05, 0) is 0 Å². The number of esters is 3. The first kappa shape index (κ1) is 18.9. The highest BCUT2D eigenvalue weighted by molar-refractivity contribution is 5.67. The molecule has 0 unspecified atom stereocenters. The van der Waals surface area contributed by atoms with E-state index in [0.29, 0.717) is 0 Å². The van der Waals surface area contributed by atoms with E-state index in [1.165, 1.54) is 20.8 Å². The van der Waals surface area contributed by atoms with E-state index in [0.717, 1.165) is 0 Å². The highest BCUT2D eigenvalue weighted by Gasteiger charge is 2.44. The molecule has 8 heteroatoms. The Kier molecular flexibility index (Phi) is 7.51. The number of hydrogen-bond donors (Lipinski definition) is 0. The molecule has 0 aliphatic carbocycles. The third-order valence-electron chi connectivity index (χ3n) is 2.91. The summed E-state index contributed by atoms with van der Waals surface area (Å²) in [5, 5.41) is 0. The number of hydrogen-bond acceptors (Lipinski definition) is 8. The van der Waals surface area contributed by atoms with Gasteiger partial charge in [0.25, 0.3) is 0 Å². The highest BCUT2D eigenvalue weighted by Crippen LogP contribution is 2.26. The Balaban J connectivity index is 2.90. The predicted octanol–water partition coefficient (Wildman–Crippen LogP) is 0.178. The van der Waals surface area contributed by atoms with Crippen molar-refractivity contribution in [3.63, 3.8) is 0 Å². The maximum Gasteiger partial charge on any atom is 0.303 e. The Morgan fingerprint density at radius 3 is 2.30 bits per heavy atom. The molecule has 0 spiro atoms. The second kappa shape index (κ2) is 9.12. The fourth-order valence-electron chi connectivity index (χ4n) is 2.14. The molecule has 1 rings (SSSR count). The molecule has 1 aliphatic rings. The van der Waals surface area contributed by atoms with E-state index in [1.54, 1.807) is 0 Å². The van der Waals surface area contributed by atoms with Gasteiger partial charge >= 0.3 is 17.9 Å². The van der Waals surface area contributed by atoms with Crippen molar-refractivity contribution in [3.8, 4) is 12.3 Å². The molecule has 1 saturated heterocycles. The minimum Gasteiger partial charge on any atom is -0.463 e. The van der Waals surface area contributed by atoms with Gasteiger partial charge < -0.3 is 23.7 Å². The summed E-state index contributed by atoms with van der Waals surface area (Å²) < 4.78 is 26.2. The van der Waals surface area contributed by atoms with Crippen LogP contribution in [0.2, 0.25) is 0 Å². The SMILES string of the molecule is C#CCO[C@@H]1C[C@@H](OC(C)=O)[C@H](OC(C)=O)[C@@H](COC(C)=O)O1. The molecule has 0 radical (unpaired) electrons. The van der Waals surface area contributed by atoms with Crippen LogP contribution >= 0.6 is 0 Å². The van der Waals surface area contributed by atoms with E-state index in [1.807, 2.05) is 0 Å². The van der Waals surface area contributed by atoms with Gasteiger partial charge in [0.2, 0.25) is 0 Å². The molecule has 0 N–H and O–H groups in total. The van der Waals surface area contributed by atoms with Crippen LogP contribution in [-0.2, 0) is 38.1 Å². The van der Waals surface area contributed by atoms with Gasteiger partial charge in [0.05, 0.1) is 0 Å². The van der Waals surface area contributed by atoms with Crippen LogP contribution in [0.15, 0.2) is 0 Å². The molecule has 0 aromatic heterocycles. The van der Waals surface area contributed by atoms with Gasteiger partial charge in [0.15, 0.2) is 12.4 Å². The molecule has 1 aliphatic heterocycles. The lowest BCUT2D eigenvalue weighted by Gasteiger charge is -2.39. The van der Waals surface area contributed by atoms with E-state index in [4.69, 9.17) is 30.1 Å². The fraction of sp³-hybridized carbons (Fsp3) is 0.667. The Morgan fingerprint density at radius 2 is 1.78 bits per heavy atom. The third-order valence-corrected chi connectivity index (χ3v) is 2.91. The van der Waals surface area contributed by atoms with Crippen LogP contribution < -0.4 is 0 Å². The van der Waals surface area contributed by atoms with Gasteiger partial charge in [0.1, 0.15) is 25.4 Å². The van der Waals surface area contributed by atoms with E-state index < -0.39 is 42.5 Å². The third kappa shape index (κ3) is 6.67. The predicted molar refractivity (Wildman–Crippen MR) is 75.8 cm³/mol. The zero-order chi connectivity index (χ0) is 17.4. The van der Waals surface area contributed by atoms with Crippen molar-refractivity contribution in [2.75, 3.05) is 13.2 Å². The number of carbonyl (C=O) groups is 3. The van der Waals surface area contributed by atoms with Crippen LogP contribution in [0.4, 0.5) is 0 Å². The van der Waals surface area contributed by atoms with Crippen molar-refractivity contribution in [2.24, 2.45) is 0 Å². The number of rotatable bonds is 6. The quantitative estimate of drug-likeness (QED) is 0.387. The summed E-state index contributed by atoms with van der Waals surface area (Å²) in [5.41, 5.74) is 0. The van der Waals surface area contributed by atoms with Crippen LogP contribution in [0.25, 0.3) is 0 Å². The molecule has 0 bridgehead atoms. The second-order valence-corrected chi connectivity index (χ2v) is 4.88. The van der Waals surface area contributed by atoms with Crippen LogP contribution in [-0.4, -0.2) is 55.7 Å². The molecule has 1 heterocycles. The number of terminal acetylenes is 1. The van der Waals surface area contributed by atoms with Crippen molar-refractivity contribution in [2.45, 2.75) is 51.8 Å². The lowest BCUT2D eigenvalue weighted by atomic mass is 10.0. The first-order chi connectivity index (χ1) is 10.8. The summed E-state index contributed by atoms with van der Waals surface area (Å²) in [6, 6.07) is 0. The van der Waals surface area contributed by atoms with Crippen molar-refractivity contribution < 1.29 is 38.1 Å². The number of carbonyl (C=O) groups excluding carboxylic acids is 3. The largest absolute Gasteiger partial charge is 0.463 e. The molecule has 0 aromatic carbocycles. The maximum atomic E-state index is 11.3. The number of ether oxygens (including phenoxy) is 5. The Labute approximate surface area is 134 Å². The van der Waals surface area contributed by atoms with E-state index in [9.17, 15) is 14.4 Å². The molecular weight excluding hydrogens is 308 g/mol. The summed E-state index contributed by atoms with van der Waals surface area (Å²) in [6.45, 7) is 3.50. The molecule has 128 valence electrons. The van der Waals surface area contributed by atoms with Crippen molar-refractivity contribution in [1.82, 2.24) is 0 Å². The Morgan fingerprint density at radius 1 is 1.13 bits per heavy atom. The Bertz CT molecular complexity index is 480. The average Bonchev–Trinajstić information content (AvgIpc) is 2.44. The lowest BCUT2D eigenvalue weighted by Crippen LogP contribution is -2.54. The molecule has 23 heavy (non-hydrogen) atoms. The standard InChI is InChI=1S/C15H20O8/c1-5-6-19-14-7-12(21-10(3)17)15(22-11(4)18)13(23-14)8-20-9(2)16/h1,12-15H,6-8H2,2-4H3/t12-,13-,14+,15+/m1/s1. The zero-order valence-corrected chi connectivity index (χ0v) is 13.3. The molecular formula is C15H20O8. The molecule has 1 fully saturated rings. The minimum atomic E-state index is -0.915. The molecule has 0 aromatic rings. The topological polar surface area (TPSA) is 97.4 Å². The summed E-state index contributed by atoms with van der Waals surface area (Å²) in [6.07, 6.45) is 1.94. The maximum absolute atomic E-state index is 11.3. The normalized spacial score (nSPS) is 26.7. The fourth-order valence-corrected chi connectivity index (χ4v) is 2.14.